The van der Waals surface area contributed by atoms with Crippen LogP contribution in [0.25, 0.3) is 0 Å². The molecule has 0 saturated heterocycles. The summed E-state index contributed by atoms with van der Waals surface area (Å²) in [6, 6.07) is 0. The highest BCUT2D eigenvalue weighted by Gasteiger charge is 2.15. The minimum Gasteiger partial charge on any atom is -0.161 e. The van der Waals surface area contributed by atoms with E-state index in [9.17, 15) is 0 Å². The Hall–Kier alpha value is -2.10. The fourth-order valence-corrected chi connectivity index (χ4v) is 0.838. The number of nitrogens with two attached hydrogens (primary N) is 2. The van der Waals surface area contributed by atoms with Crippen LogP contribution in [0.2, 0.25) is 0 Å². The molecule has 0 aliphatic rings. The van der Waals surface area contributed by atoms with Crippen molar-refractivity contribution < 1.29 is 16.8 Å². The summed E-state index contributed by atoms with van der Waals surface area (Å²) < 4.78 is 0. The predicted molar refractivity (Wildman–Crippen MR) is 43.1 cm³/mol. The van der Waals surface area contributed by atoms with E-state index in [-0.39, 0.29) is 23.8 Å². The highest BCUT2D eigenvalue weighted by molar-refractivity contribution is 5.14. The molecule has 15 heavy (non-hydrogen) atoms. The molecule has 0 saturated carbocycles. The number of anilines is 4. The summed E-state index contributed by atoms with van der Waals surface area (Å²) in [6.45, 7) is 0. The first-order chi connectivity index (χ1) is 7.24. The van der Waals surface area contributed by atoms with E-state index in [1.54, 1.807) is 0 Å². The largest absolute Gasteiger partial charge is 0.393 e. The van der Waals surface area contributed by atoms with Gasteiger partial charge in [-0.25, -0.2) is 0 Å². The minimum atomic E-state index is 0.106. The number of aromatic nitrogens is 6. The molecule has 0 spiro atoms. The van der Waals surface area contributed by atoms with E-state index in [0.717, 1.165) is 0 Å². The first-order valence-electron chi connectivity index (χ1n) is 3.90. The van der Waals surface area contributed by atoms with Gasteiger partial charge < -0.3 is 0 Å². The average Bonchev–Trinajstić information content (AvgIpc) is 2.17. The van der Waals surface area contributed by atoms with E-state index in [1.807, 2.05) is 0 Å². The molecule has 2 aromatic rings. The zero-order valence-corrected chi connectivity index (χ0v) is 7.49. The maximum atomic E-state index is 5.36. The van der Waals surface area contributed by atoms with Gasteiger partial charge in [0.1, 0.15) is 12.7 Å². The third kappa shape index (κ3) is 2.43. The number of nitrogens with zero attached hydrogens (tertiary/aromatic N) is 6. The van der Waals surface area contributed by atoms with Crippen LogP contribution in [0, 0.1) is 0 Å². The second-order valence-electron chi connectivity index (χ2n) is 2.46. The summed E-state index contributed by atoms with van der Waals surface area (Å²) in [6.07, 6.45) is 2.55. The first kappa shape index (κ1) is 9.45. The van der Waals surface area contributed by atoms with Crippen LogP contribution in [0.15, 0.2) is 12.7 Å². The summed E-state index contributed by atoms with van der Waals surface area (Å²) in [5, 5.41) is 2.70. The number of hydrogen-bond donors (Lipinski definition) is 3. The van der Waals surface area contributed by atoms with Gasteiger partial charge in [0.25, 0.3) is 0 Å². The lowest BCUT2D eigenvalue weighted by atomic mass is 10.8. The van der Waals surface area contributed by atoms with Crippen molar-refractivity contribution >= 4 is 23.8 Å². The molecule has 73 valence electrons. The van der Waals surface area contributed by atoms with Crippen LogP contribution >= 0.6 is 0 Å². The average molecular weight is 205 g/mol. The number of nitrogens with one attached hydrogen (secondary N) is 1. The second-order valence-corrected chi connectivity index (χ2v) is 2.46. The van der Waals surface area contributed by atoms with Gasteiger partial charge in [0, 0.05) is 0 Å². The monoisotopic (exact) mass is 205 g/mol. The van der Waals surface area contributed by atoms with Crippen molar-refractivity contribution in [3.8, 4) is 0 Å². The molecule has 0 atom stereocenters. The lowest BCUT2D eigenvalue weighted by Gasteiger charge is -1.88. The maximum absolute atomic E-state index is 5.36. The van der Waals surface area contributed by atoms with Crippen molar-refractivity contribution in [2.75, 3.05) is 0 Å². The Labute approximate surface area is 84.0 Å². The molecule has 0 amide bonds. The molecule has 0 bridgehead atoms. The van der Waals surface area contributed by atoms with E-state index in [0.29, 0.717) is 0 Å². The smallest absolute Gasteiger partial charge is 0.161 e. The standard InChI is InChI=1S/C6H7N9/c7-3-9-1-11-5(13-3)15-6-12-2-10-4(8)14-6/h1-2,15H,7-8H2/q+3. The van der Waals surface area contributed by atoms with E-state index in [4.69, 9.17) is 11.5 Å². The lowest BCUT2D eigenvalue weighted by Crippen LogP contribution is -2.74. The molecule has 0 aromatic carbocycles. The molecule has 9 nitrogen and oxygen atoms in total. The summed E-state index contributed by atoms with van der Waals surface area (Å²) in [5.41, 5.74) is 10.7. The molecule has 0 fully saturated rings. The molecule has 5 N–H and O–H groups in total. The molecule has 2 rings (SSSR count). The molecular weight excluding hydrogens is 198 g/mol. The second kappa shape index (κ2) is 3.96. The Bertz CT molecular complexity index is 426. The van der Waals surface area contributed by atoms with Gasteiger partial charge in [0.15, 0.2) is 0 Å². The van der Waals surface area contributed by atoms with Crippen molar-refractivity contribution in [3.05, 3.63) is 12.7 Å². The zero-order valence-electron chi connectivity index (χ0n) is 7.49. The summed E-state index contributed by atoms with van der Waals surface area (Å²) in [5.74, 6) is 0.699. The minimum absolute atomic E-state index is 0.106. The van der Waals surface area contributed by atoms with Crippen LogP contribution in [0.5, 0.6) is 0 Å². The first-order valence-corrected chi connectivity index (χ1v) is 3.90. The van der Waals surface area contributed by atoms with E-state index >= 15 is 0 Å². The van der Waals surface area contributed by atoms with Crippen LogP contribution in [0.4, 0.5) is 23.8 Å². The maximum Gasteiger partial charge on any atom is 0.393 e. The molecule has 2 aromatic heterocycles. The molecule has 0 aliphatic carbocycles. The molecular formula is C6H7N9+3. The summed E-state index contributed by atoms with van der Waals surface area (Å²) in [4.78, 5) is 22.5. The van der Waals surface area contributed by atoms with Crippen molar-refractivity contribution in [1.82, 2.24) is 29.9 Å². The van der Waals surface area contributed by atoms with E-state index in [1.165, 1.54) is 12.7 Å². The van der Waals surface area contributed by atoms with Crippen LogP contribution in [-0.4, -0.2) is 29.9 Å². The number of rotatable bonds is 2. The van der Waals surface area contributed by atoms with Gasteiger partial charge in [0.2, 0.25) is 0 Å². The molecule has 0 aliphatic heterocycles. The van der Waals surface area contributed by atoms with Gasteiger partial charge in [0.05, 0.1) is 0 Å². The Kier molecular flexibility index (Phi) is 2.49. The summed E-state index contributed by atoms with van der Waals surface area (Å²) >= 11 is 0. The van der Waals surface area contributed by atoms with Gasteiger partial charge >= 0.3 is 23.8 Å². The Morgan fingerprint density at radius 3 is 1.67 bits per heavy atom. The highest BCUT2D eigenvalue weighted by atomic mass is 15.2. The van der Waals surface area contributed by atoms with Crippen LogP contribution in [0.1, 0.15) is 0 Å². The van der Waals surface area contributed by atoms with Crippen LogP contribution in [0.3, 0.4) is 0 Å². The lowest BCUT2D eigenvalue weighted by molar-refractivity contribution is -0.497. The van der Waals surface area contributed by atoms with Gasteiger partial charge in [-0.3, -0.25) is 0 Å². The van der Waals surface area contributed by atoms with Crippen LogP contribution in [-0.2, 0) is 0 Å². The third-order valence-corrected chi connectivity index (χ3v) is 1.40. The van der Waals surface area contributed by atoms with Crippen LogP contribution < -0.4 is 16.8 Å². The fourth-order valence-electron chi connectivity index (χ4n) is 0.838. The van der Waals surface area contributed by atoms with Gasteiger partial charge in [-0.2, -0.15) is 19.9 Å². The SMILES string of the molecule is [NH2+]c1ncnc([NH+]c2ncnc([NH2+])n2)n1. The highest BCUT2D eigenvalue weighted by Crippen LogP contribution is 1.93. The molecule has 0 unspecified atom stereocenters. The third-order valence-electron chi connectivity index (χ3n) is 1.40. The van der Waals surface area contributed by atoms with Crippen molar-refractivity contribution in [1.29, 1.82) is 0 Å². The van der Waals surface area contributed by atoms with Crippen molar-refractivity contribution in [2.45, 2.75) is 0 Å². The number of nitrogen functional groups attached to an aromatic ring is 2. The van der Waals surface area contributed by atoms with E-state index < -0.39 is 0 Å². The predicted octanol–water partition coefficient (Wildman–Crippen LogP) is -4.31. The number of hydrogen-bond acceptors (Lipinski definition) is 9. The molecule has 9 heteroatoms. The van der Waals surface area contributed by atoms with Gasteiger partial charge in [-0.05, 0) is 5.32 Å². The fraction of sp³-hybridized carbons (Fsp3) is 0. The van der Waals surface area contributed by atoms with Crippen molar-refractivity contribution in [2.24, 2.45) is 0 Å². The topological polar surface area (TPSA) is 144 Å². The Balaban J connectivity index is 2.22. The molecule has 3 radical (unpaired) electrons. The van der Waals surface area contributed by atoms with Gasteiger partial charge in [-0.1, -0.05) is 9.97 Å². The summed E-state index contributed by atoms with van der Waals surface area (Å²) in [7, 11) is 0. The van der Waals surface area contributed by atoms with Gasteiger partial charge in [-0.15, -0.1) is 11.5 Å². The normalized spacial score (nSPS) is 10.3. The Morgan fingerprint density at radius 1 is 0.800 bits per heavy atom. The Morgan fingerprint density at radius 2 is 1.27 bits per heavy atom. The zero-order chi connectivity index (χ0) is 10.7. The van der Waals surface area contributed by atoms with Crippen molar-refractivity contribution in [3.63, 3.8) is 0 Å². The quantitative estimate of drug-likeness (QED) is 0.452. The van der Waals surface area contributed by atoms with E-state index in [2.05, 4.69) is 35.2 Å². The molecule has 2 heterocycles.